The standard InChI is InChI=1S/C14H18N2O3/c17-9-12(10-4-2-1-3-5-10)16-14(19)11-6-7-15-13(18)8-11/h1-5,11-12,17H,6-9H2,(H,15,18)(H,16,19)/t11?,12-/m1/s1. The lowest BCUT2D eigenvalue weighted by molar-refractivity contribution is -0.133. The third-order valence-electron chi connectivity index (χ3n) is 3.32. The van der Waals surface area contributed by atoms with Gasteiger partial charge >= 0.3 is 0 Å². The van der Waals surface area contributed by atoms with Crippen molar-refractivity contribution in [2.45, 2.75) is 18.9 Å². The lowest BCUT2D eigenvalue weighted by Gasteiger charge is -2.24. The van der Waals surface area contributed by atoms with Crippen molar-refractivity contribution in [3.63, 3.8) is 0 Å². The molecule has 19 heavy (non-hydrogen) atoms. The molecule has 2 atom stereocenters. The fourth-order valence-electron chi connectivity index (χ4n) is 2.22. The molecule has 2 amide bonds. The Morgan fingerprint density at radius 1 is 1.42 bits per heavy atom. The molecule has 1 saturated heterocycles. The lowest BCUT2D eigenvalue weighted by atomic mass is 9.96. The van der Waals surface area contributed by atoms with Crippen LogP contribution in [-0.2, 0) is 9.59 Å². The molecule has 0 aromatic heterocycles. The fourth-order valence-corrected chi connectivity index (χ4v) is 2.22. The van der Waals surface area contributed by atoms with Crippen molar-refractivity contribution in [2.75, 3.05) is 13.2 Å². The molecule has 1 fully saturated rings. The van der Waals surface area contributed by atoms with Gasteiger partial charge in [0.2, 0.25) is 11.8 Å². The molecule has 5 heteroatoms. The van der Waals surface area contributed by atoms with E-state index in [9.17, 15) is 14.7 Å². The molecule has 1 unspecified atom stereocenters. The summed E-state index contributed by atoms with van der Waals surface area (Å²) in [5.74, 6) is -0.559. The first-order chi connectivity index (χ1) is 9.20. The average Bonchev–Trinajstić information content (AvgIpc) is 2.45. The van der Waals surface area contributed by atoms with Gasteiger partial charge in [0, 0.05) is 18.9 Å². The Hall–Kier alpha value is -1.88. The van der Waals surface area contributed by atoms with Crippen molar-refractivity contribution in [1.29, 1.82) is 0 Å². The van der Waals surface area contributed by atoms with Gasteiger partial charge in [-0.25, -0.2) is 0 Å². The van der Waals surface area contributed by atoms with Crippen LogP contribution in [0.15, 0.2) is 30.3 Å². The molecular formula is C14H18N2O3. The first kappa shape index (κ1) is 13.5. The second kappa shape index (κ2) is 6.33. The number of carbonyl (C=O) groups is 2. The summed E-state index contributed by atoms with van der Waals surface area (Å²) in [7, 11) is 0. The Balaban J connectivity index is 1.98. The van der Waals surface area contributed by atoms with Crippen molar-refractivity contribution in [1.82, 2.24) is 10.6 Å². The Bertz CT molecular complexity index is 447. The van der Waals surface area contributed by atoms with Gasteiger partial charge in [-0.05, 0) is 12.0 Å². The van der Waals surface area contributed by atoms with Gasteiger partial charge in [0.25, 0.3) is 0 Å². The normalized spacial score (nSPS) is 20.5. The summed E-state index contributed by atoms with van der Waals surface area (Å²) < 4.78 is 0. The summed E-state index contributed by atoms with van der Waals surface area (Å²) >= 11 is 0. The Kier molecular flexibility index (Phi) is 4.52. The van der Waals surface area contributed by atoms with E-state index in [1.807, 2.05) is 30.3 Å². The molecular weight excluding hydrogens is 244 g/mol. The van der Waals surface area contributed by atoms with E-state index in [0.717, 1.165) is 5.56 Å². The molecule has 1 aliphatic heterocycles. The molecule has 0 spiro atoms. The number of carbonyl (C=O) groups excluding carboxylic acids is 2. The molecule has 0 radical (unpaired) electrons. The van der Waals surface area contributed by atoms with E-state index in [1.54, 1.807) is 0 Å². The highest BCUT2D eigenvalue weighted by molar-refractivity contribution is 5.87. The largest absolute Gasteiger partial charge is 0.394 e. The van der Waals surface area contributed by atoms with Crippen molar-refractivity contribution < 1.29 is 14.7 Å². The predicted molar refractivity (Wildman–Crippen MR) is 70.1 cm³/mol. The summed E-state index contributed by atoms with van der Waals surface area (Å²) in [6, 6.07) is 8.89. The number of rotatable bonds is 4. The summed E-state index contributed by atoms with van der Waals surface area (Å²) in [6.07, 6.45) is 0.864. The van der Waals surface area contributed by atoms with Gasteiger partial charge in [-0.2, -0.15) is 0 Å². The van der Waals surface area contributed by atoms with E-state index in [1.165, 1.54) is 0 Å². The van der Waals surface area contributed by atoms with Gasteiger partial charge in [-0.3, -0.25) is 9.59 Å². The third-order valence-corrected chi connectivity index (χ3v) is 3.32. The van der Waals surface area contributed by atoms with E-state index >= 15 is 0 Å². The number of nitrogens with one attached hydrogen (secondary N) is 2. The highest BCUT2D eigenvalue weighted by Gasteiger charge is 2.27. The van der Waals surface area contributed by atoms with Crippen LogP contribution in [0.3, 0.4) is 0 Å². The average molecular weight is 262 g/mol. The maximum absolute atomic E-state index is 12.1. The molecule has 0 saturated carbocycles. The minimum Gasteiger partial charge on any atom is -0.394 e. The lowest BCUT2D eigenvalue weighted by Crippen LogP contribution is -2.42. The van der Waals surface area contributed by atoms with E-state index in [0.29, 0.717) is 13.0 Å². The Labute approximate surface area is 112 Å². The maximum atomic E-state index is 12.1. The number of hydrogen-bond acceptors (Lipinski definition) is 3. The van der Waals surface area contributed by atoms with Crippen LogP contribution in [0, 0.1) is 5.92 Å². The van der Waals surface area contributed by atoms with Crippen LogP contribution in [0.2, 0.25) is 0 Å². The van der Waals surface area contributed by atoms with Crippen LogP contribution in [0.25, 0.3) is 0 Å². The fraction of sp³-hybridized carbons (Fsp3) is 0.429. The van der Waals surface area contributed by atoms with Crippen molar-refractivity contribution in [3.05, 3.63) is 35.9 Å². The SMILES string of the molecule is O=C1CC(C(=O)N[C@H](CO)c2ccccc2)CCN1. The number of amides is 2. The molecule has 1 aromatic rings. The predicted octanol–water partition coefficient (Wildman–Crippen LogP) is 0.362. The number of benzene rings is 1. The molecule has 2 rings (SSSR count). The summed E-state index contributed by atoms with van der Waals surface area (Å²) in [4.78, 5) is 23.3. The van der Waals surface area contributed by atoms with Gasteiger partial charge in [0.1, 0.15) is 0 Å². The highest BCUT2D eigenvalue weighted by atomic mass is 16.3. The van der Waals surface area contributed by atoms with Crippen LogP contribution in [-0.4, -0.2) is 30.1 Å². The minimum absolute atomic E-state index is 0.0911. The van der Waals surface area contributed by atoms with E-state index in [2.05, 4.69) is 10.6 Å². The van der Waals surface area contributed by atoms with Crippen LogP contribution >= 0.6 is 0 Å². The number of aliphatic hydroxyl groups is 1. The number of piperidine rings is 1. The third kappa shape index (κ3) is 3.54. The van der Waals surface area contributed by atoms with E-state index in [4.69, 9.17) is 0 Å². The van der Waals surface area contributed by atoms with Crippen LogP contribution in [0.4, 0.5) is 0 Å². The molecule has 1 aromatic carbocycles. The van der Waals surface area contributed by atoms with Crippen molar-refractivity contribution >= 4 is 11.8 Å². The number of aliphatic hydroxyl groups excluding tert-OH is 1. The molecule has 1 heterocycles. The van der Waals surface area contributed by atoms with Crippen LogP contribution < -0.4 is 10.6 Å². The number of hydrogen-bond donors (Lipinski definition) is 3. The van der Waals surface area contributed by atoms with E-state index in [-0.39, 0.29) is 30.8 Å². The quantitative estimate of drug-likeness (QED) is 0.733. The van der Waals surface area contributed by atoms with Gasteiger partial charge in [-0.15, -0.1) is 0 Å². The Morgan fingerprint density at radius 2 is 2.16 bits per heavy atom. The second-order valence-corrected chi connectivity index (χ2v) is 4.69. The van der Waals surface area contributed by atoms with Gasteiger partial charge in [0.15, 0.2) is 0 Å². The van der Waals surface area contributed by atoms with Gasteiger partial charge in [0.05, 0.1) is 12.6 Å². The molecule has 0 aliphatic carbocycles. The van der Waals surface area contributed by atoms with Crippen LogP contribution in [0.5, 0.6) is 0 Å². The van der Waals surface area contributed by atoms with Crippen molar-refractivity contribution in [2.24, 2.45) is 5.92 Å². The first-order valence-electron chi connectivity index (χ1n) is 6.43. The molecule has 3 N–H and O–H groups in total. The summed E-state index contributed by atoms with van der Waals surface area (Å²) in [5.41, 5.74) is 0.860. The Morgan fingerprint density at radius 3 is 2.79 bits per heavy atom. The first-order valence-corrected chi connectivity index (χ1v) is 6.43. The van der Waals surface area contributed by atoms with Gasteiger partial charge in [-0.1, -0.05) is 30.3 Å². The molecule has 102 valence electrons. The summed E-state index contributed by atoms with van der Waals surface area (Å²) in [6.45, 7) is 0.376. The second-order valence-electron chi connectivity index (χ2n) is 4.69. The minimum atomic E-state index is -0.418. The molecule has 1 aliphatic rings. The highest BCUT2D eigenvalue weighted by Crippen LogP contribution is 2.16. The van der Waals surface area contributed by atoms with Gasteiger partial charge < -0.3 is 15.7 Å². The molecule has 5 nitrogen and oxygen atoms in total. The zero-order valence-corrected chi connectivity index (χ0v) is 10.6. The smallest absolute Gasteiger partial charge is 0.224 e. The maximum Gasteiger partial charge on any atom is 0.224 e. The topological polar surface area (TPSA) is 78.4 Å². The summed E-state index contributed by atoms with van der Waals surface area (Å²) in [5, 5.41) is 14.9. The monoisotopic (exact) mass is 262 g/mol. The zero-order chi connectivity index (χ0) is 13.7. The van der Waals surface area contributed by atoms with Crippen LogP contribution in [0.1, 0.15) is 24.4 Å². The zero-order valence-electron chi connectivity index (χ0n) is 10.6. The van der Waals surface area contributed by atoms with Crippen molar-refractivity contribution in [3.8, 4) is 0 Å². The molecule has 0 bridgehead atoms. The van der Waals surface area contributed by atoms with E-state index < -0.39 is 6.04 Å².